The molecule has 0 unspecified atom stereocenters. The van der Waals surface area contributed by atoms with E-state index in [0.29, 0.717) is 5.41 Å². The van der Waals surface area contributed by atoms with E-state index < -0.39 is 0 Å². The molecule has 1 aliphatic rings. The van der Waals surface area contributed by atoms with Gasteiger partial charge in [0.05, 0.1) is 0 Å². The molecular formula is C21H28N+. The summed E-state index contributed by atoms with van der Waals surface area (Å²) in [6.45, 7) is 7.02. The molecule has 1 heterocycles. The molecule has 0 amide bonds. The number of benzene rings is 1. The van der Waals surface area contributed by atoms with E-state index in [9.17, 15) is 0 Å². The van der Waals surface area contributed by atoms with Crippen LogP contribution in [0.3, 0.4) is 0 Å². The van der Waals surface area contributed by atoms with Crippen LogP contribution in [0.25, 0.3) is 11.3 Å². The van der Waals surface area contributed by atoms with E-state index in [-0.39, 0.29) is 0 Å². The van der Waals surface area contributed by atoms with E-state index in [4.69, 9.17) is 0 Å². The van der Waals surface area contributed by atoms with Crippen molar-refractivity contribution in [3.05, 3.63) is 53.7 Å². The molecule has 3 rings (SSSR count). The lowest BCUT2D eigenvalue weighted by Crippen LogP contribution is -2.31. The van der Waals surface area contributed by atoms with Crippen molar-refractivity contribution in [2.24, 2.45) is 12.5 Å². The minimum absolute atomic E-state index is 0.537. The Labute approximate surface area is 135 Å². The summed E-state index contributed by atoms with van der Waals surface area (Å²) in [6, 6.07) is 13.4. The van der Waals surface area contributed by atoms with E-state index >= 15 is 0 Å². The van der Waals surface area contributed by atoms with Crippen LogP contribution in [0.1, 0.15) is 56.6 Å². The highest BCUT2D eigenvalue weighted by Crippen LogP contribution is 2.42. The number of hydrogen-bond donors (Lipinski definition) is 0. The van der Waals surface area contributed by atoms with Gasteiger partial charge in [-0.2, -0.15) is 0 Å². The van der Waals surface area contributed by atoms with Crippen LogP contribution >= 0.6 is 0 Å². The fraction of sp³-hybridized carbons (Fsp3) is 0.476. The summed E-state index contributed by atoms with van der Waals surface area (Å²) in [5.41, 5.74) is 6.09. The molecule has 1 aromatic carbocycles. The molecule has 0 bridgehead atoms. The molecule has 1 nitrogen and oxygen atoms in total. The lowest BCUT2D eigenvalue weighted by atomic mass is 9.71. The molecule has 116 valence electrons. The maximum absolute atomic E-state index is 2.42. The van der Waals surface area contributed by atoms with Gasteiger partial charge in [0.1, 0.15) is 7.05 Å². The highest BCUT2D eigenvalue weighted by atomic mass is 14.9. The number of pyridine rings is 1. The third-order valence-corrected chi connectivity index (χ3v) is 5.41. The van der Waals surface area contributed by atoms with Gasteiger partial charge in [0, 0.05) is 17.7 Å². The molecule has 0 N–H and O–H groups in total. The van der Waals surface area contributed by atoms with Gasteiger partial charge < -0.3 is 0 Å². The SMILES string of the molecule is Cc1ccccc1-c1cc(C2CCC(C)(C)CC2)cc[n+]1C. The number of aryl methyl sites for hydroxylation is 2. The van der Waals surface area contributed by atoms with Gasteiger partial charge in [0.2, 0.25) is 5.69 Å². The number of hydrogen-bond acceptors (Lipinski definition) is 0. The molecule has 0 radical (unpaired) electrons. The second-order valence-electron chi connectivity index (χ2n) is 7.71. The number of nitrogens with zero attached hydrogens (tertiary/aromatic N) is 1. The van der Waals surface area contributed by atoms with Gasteiger partial charge in [0.25, 0.3) is 0 Å². The maximum Gasteiger partial charge on any atom is 0.212 e. The molecule has 1 aliphatic carbocycles. The molecule has 0 aliphatic heterocycles. The Hall–Kier alpha value is -1.63. The summed E-state index contributed by atoms with van der Waals surface area (Å²) in [5.74, 6) is 0.733. The topological polar surface area (TPSA) is 3.88 Å². The lowest BCUT2D eigenvalue weighted by Gasteiger charge is -2.34. The molecule has 1 saturated carbocycles. The first-order chi connectivity index (χ1) is 10.5. The van der Waals surface area contributed by atoms with Crippen molar-refractivity contribution in [3.63, 3.8) is 0 Å². The van der Waals surface area contributed by atoms with Crippen LogP contribution in [0.4, 0.5) is 0 Å². The summed E-state index contributed by atoms with van der Waals surface area (Å²) in [7, 11) is 2.15. The minimum Gasteiger partial charge on any atom is -0.201 e. The van der Waals surface area contributed by atoms with E-state index in [1.165, 1.54) is 48.1 Å². The fourth-order valence-corrected chi connectivity index (χ4v) is 3.70. The van der Waals surface area contributed by atoms with Gasteiger partial charge in [-0.05, 0) is 61.1 Å². The summed E-state index contributed by atoms with van der Waals surface area (Å²) in [6.07, 6.45) is 7.58. The fourth-order valence-electron chi connectivity index (χ4n) is 3.70. The zero-order chi connectivity index (χ0) is 15.7. The van der Waals surface area contributed by atoms with Crippen molar-refractivity contribution >= 4 is 0 Å². The van der Waals surface area contributed by atoms with Crippen LogP contribution in [-0.2, 0) is 7.05 Å². The lowest BCUT2D eigenvalue weighted by molar-refractivity contribution is -0.660. The monoisotopic (exact) mass is 294 g/mol. The summed E-state index contributed by atoms with van der Waals surface area (Å²) in [4.78, 5) is 0. The molecular weight excluding hydrogens is 266 g/mol. The molecule has 0 atom stereocenters. The van der Waals surface area contributed by atoms with Gasteiger partial charge in [-0.3, -0.25) is 0 Å². The third-order valence-electron chi connectivity index (χ3n) is 5.41. The normalized spacial score (nSPS) is 18.4. The predicted molar refractivity (Wildman–Crippen MR) is 92.8 cm³/mol. The first kappa shape index (κ1) is 15.3. The Balaban J connectivity index is 1.93. The van der Waals surface area contributed by atoms with E-state index in [1.807, 2.05) is 0 Å². The van der Waals surface area contributed by atoms with Gasteiger partial charge in [-0.25, -0.2) is 4.57 Å². The van der Waals surface area contributed by atoms with Crippen molar-refractivity contribution in [2.45, 2.75) is 52.4 Å². The van der Waals surface area contributed by atoms with E-state index in [2.05, 4.69) is 75.0 Å². The van der Waals surface area contributed by atoms with Crippen LogP contribution in [0.2, 0.25) is 0 Å². The Morgan fingerprint density at radius 2 is 1.73 bits per heavy atom. The Morgan fingerprint density at radius 1 is 1.05 bits per heavy atom. The average molecular weight is 294 g/mol. The quantitative estimate of drug-likeness (QED) is 0.673. The smallest absolute Gasteiger partial charge is 0.201 e. The van der Waals surface area contributed by atoms with Crippen molar-refractivity contribution in [1.29, 1.82) is 0 Å². The third kappa shape index (κ3) is 3.09. The predicted octanol–water partition coefficient (Wildman–Crippen LogP) is 5.17. The van der Waals surface area contributed by atoms with Crippen LogP contribution in [0.5, 0.6) is 0 Å². The molecule has 1 heteroatoms. The Bertz CT molecular complexity index is 659. The minimum atomic E-state index is 0.537. The van der Waals surface area contributed by atoms with Crippen molar-refractivity contribution in [2.75, 3.05) is 0 Å². The standard InChI is InChI=1S/C21H28N/c1-16-7-5-6-8-19(16)20-15-18(11-14-22(20)4)17-9-12-21(2,3)13-10-17/h5-8,11,14-15,17H,9-10,12-13H2,1-4H3/q+1. The summed E-state index contributed by atoms with van der Waals surface area (Å²) < 4.78 is 2.25. The largest absolute Gasteiger partial charge is 0.212 e. The van der Waals surface area contributed by atoms with Crippen LogP contribution in [-0.4, -0.2) is 0 Å². The zero-order valence-electron chi connectivity index (χ0n) is 14.4. The van der Waals surface area contributed by atoms with E-state index in [0.717, 1.165) is 5.92 Å². The average Bonchev–Trinajstić information content (AvgIpc) is 2.49. The van der Waals surface area contributed by atoms with Crippen molar-refractivity contribution < 1.29 is 4.57 Å². The Morgan fingerprint density at radius 3 is 2.41 bits per heavy atom. The first-order valence-corrected chi connectivity index (χ1v) is 8.52. The Kier molecular flexibility index (Phi) is 4.08. The van der Waals surface area contributed by atoms with Gasteiger partial charge in [0.15, 0.2) is 6.20 Å². The van der Waals surface area contributed by atoms with Crippen molar-refractivity contribution in [1.82, 2.24) is 0 Å². The van der Waals surface area contributed by atoms with Crippen molar-refractivity contribution in [3.8, 4) is 11.3 Å². The first-order valence-electron chi connectivity index (χ1n) is 8.52. The second kappa shape index (κ2) is 5.87. The van der Waals surface area contributed by atoms with Gasteiger partial charge in [-0.1, -0.05) is 32.0 Å². The van der Waals surface area contributed by atoms with Crippen LogP contribution < -0.4 is 4.57 Å². The number of aromatic nitrogens is 1. The number of rotatable bonds is 2. The van der Waals surface area contributed by atoms with Crippen LogP contribution in [0.15, 0.2) is 42.6 Å². The van der Waals surface area contributed by atoms with Gasteiger partial charge in [-0.15, -0.1) is 0 Å². The molecule has 0 saturated heterocycles. The molecule has 22 heavy (non-hydrogen) atoms. The summed E-state index contributed by atoms with van der Waals surface area (Å²) >= 11 is 0. The molecule has 1 aromatic heterocycles. The second-order valence-corrected chi connectivity index (χ2v) is 7.71. The molecule has 0 spiro atoms. The summed E-state index contributed by atoms with van der Waals surface area (Å²) in [5, 5.41) is 0. The highest BCUT2D eigenvalue weighted by molar-refractivity contribution is 5.61. The highest BCUT2D eigenvalue weighted by Gasteiger charge is 2.28. The van der Waals surface area contributed by atoms with Gasteiger partial charge >= 0.3 is 0 Å². The van der Waals surface area contributed by atoms with Crippen LogP contribution in [0, 0.1) is 12.3 Å². The molecule has 1 fully saturated rings. The van der Waals surface area contributed by atoms with E-state index in [1.54, 1.807) is 0 Å². The maximum atomic E-state index is 2.42. The molecule has 2 aromatic rings. The zero-order valence-corrected chi connectivity index (χ0v) is 14.4.